The highest BCUT2D eigenvalue weighted by Gasteiger charge is 2.16. The fourth-order valence-corrected chi connectivity index (χ4v) is 3.76. The Balaban J connectivity index is 1.26. The lowest BCUT2D eigenvalue weighted by Gasteiger charge is -2.23. The van der Waals surface area contributed by atoms with Crippen molar-refractivity contribution in [2.45, 2.75) is 13.0 Å². The number of aromatic nitrogens is 1. The molecule has 6 nitrogen and oxygen atoms in total. The topological polar surface area (TPSA) is 57.7 Å². The Labute approximate surface area is 187 Å². The quantitative estimate of drug-likeness (QED) is 0.610. The van der Waals surface area contributed by atoms with Crippen molar-refractivity contribution in [2.75, 3.05) is 43.0 Å². The largest absolute Gasteiger partial charge is 0.484 e. The molecule has 0 unspecified atom stereocenters. The molecule has 1 N–H and O–H groups in total. The van der Waals surface area contributed by atoms with E-state index in [0.717, 1.165) is 50.5 Å². The molecule has 1 aliphatic heterocycles. The van der Waals surface area contributed by atoms with Crippen LogP contribution in [0.25, 0.3) is 0 Å². The highest BCUT2D eigenvalue weighted by Crippen LogP contribution is 2.18. The molecular weight excluding hydrogens is 407 g/mol. The van der Waals surface area contributed by atoms with Crippen molar-refractivity contribution in [2.24, 2.45) is 0 Å². The van der Waals surface area contributed by atoms with Crippen LogP contribution in [-0.2, 0) is 11.3 Å². The number of benzene rings is 2. The Morgan fingerprint density at radius 2 is 1.88 bits per heavy atom. The van der Waals surface area contributed by atoms with Gasteiger partial charge < -0.3 is 15.0 Å². The molecule has 1 amide bonds. The van der Waals surface area contributed by atoms with Crippen molar-refractivity contribution in [1.29, 1.82) is 0 Å². The minimum atomic E-state index is -0.230. The predicted molar refractivity (Wildman–Crippen MR) is 123 cm³/mol. The number of pyridine rings is 1. The Kier molecular flexibility index (Phi) is 7.30. The number of amides is 1. The van der Waals surface area contributed by atoms with Crippen molar-refractivity contribution in [1.82, 2.24) is 9.88 Å². The number of para-hydroxylation sites is 1. The second-order valence-electron chi connectivity index (χ2n) is 7.80. The second kappa shape index (κ2) is 10.7. The van der Waals surface area contributed by atoms with Crippen LogP contribution in [0, 0.1) is 5.82 Å². The number of hydrogen-bond donors (Lipinski definition) is 1. The number of hydrogen-bond acceptors (Lipinski definition) is 5. The van der Waals surface area contributed by atoms with Crippen LogP contribution in [0.4, 0.5) is 15.9 Å². The Bertz CT molecular complexity index is 1010. The molecule has 0 bridgehead atoms. The molecule has 32 heavy (non-hydrogen) atoms. The first-order chi connectivity index (χ1) is 15.7. The minimum Gasteiger partial charge on any atom is -0.484 e. The lowest BCUT2D eigenvalue weighted by molar-refractivity contribution is -0.118. The van der Waals surface area contributed by atoms with Gasteiger partial charge in [-0.15, -0.1) is 0 Å². The maximum Gasteiger partial charge on any atom is 0.262 e. The van der Waals surface area contributed by atoms with Crippen molar-refractivity contribution in [3.05, 3.63) is 84.3 Å². The van der Waals surface area contributed by atoms with E-state index in [-0.39, 0.29) is 18.3 Å². The lowest BCUT2D eigenvalue weighted by atomic mass is 10.2. The summed E-state index contributed by atoms with van der Waals surface area (Å²) in [5, 5.41) is 2.81. The molecule has 2 aromatic carbocycles. The van der Waals surface area contributed by atoms with Crippen LogP contribution in [0.5, 0.6) is 5.75 Å². The maximum atomic E-state index is 13.4. The SMILES string of the molecule is O=C(COc1ccccc1)Nc1ccc(N2CCCN(Cc3cccc(F)c3)CC2)nc1. The van der Waals surface area contributed by atoms with Crippen molar-refractivity contribution >= 4 is 17.4 Å². The van der Waals surface area contributed by atoms with Gasteiger partial charge >= 0.3 is 0 Å². The smallest absolute Gasteiger partial charge is 0.262 e. The number of carbonyl (C=O) groups is 1. The van der Waals surface area contributed by atoms with E-state index in [9.17, 15) is 9.18 Å². The summed E-state index contributed by atoms with van der Waals surface area (Å²) in [6.45, 7) is 4.28. The summed E-state index contributed by atoms with van der Waals surface area (Å²) in [6.07, 6.45) is 2.68. The summed E-state index contributed by atoms with van der Waals surface area (Å²) in [5.41, 5.74) is 1.63. The third kappa shape index (κ3) is 6.28. The van der Waals surface area contributed by atoms with Gasteiger partial charge in [0.15, 0.2) is 6.61 Å². The third-order valence-electron chi connectivity index (χ3n) is 5.35. The van der Waals surface area contributed by atoms with E-state index in [4.69, 9.17) is 4.74 Å². The molecule has 0 radical (unpaired) electrons. The molecule has 1 fully saturated rings. The number of halogens is 1. The molecule has 1 saturated heterocycles. The lowest BCUT2D eigenvalue weighted by Crippen LogP contribution is -2.31. The van der Waals surface area contributed by atoms with Crippen LogP contribution >= 0.6 is 0 Å². The molecule has 7 heteroatoms. The van der Waals surface area contributed by atoms with Crippen LogP contribution in [0.2, 0.25) is 0 Å². The molecule has 2 heterocycles. The van der Waals surface area contributed by atoms with Gasteiger partial charge in [0.25, 0.3) is 5.91 Å². The molecule has 0 atom stereocenters. The maximum absolute atomic E-state index is 13.4. The molecule has 4 rings (SSSR count). The van der Waals surface area contributed by atoms with Crippen molar-refractivity contribution in [3.8, 4) is 5.75 Å². The minimum absolute atomic E-state index is 0.0565. The van der Waals surface area contributed by atoms with Crippen LogP contribution in [0.3, 0.4) is 0 Å². The summed E-state index contributed by atoms with van der Waals surface area (Å²) >= 11 is 0. The first-order valence-corrected chi connectivity index (χ1v) is 10.8. The van der Waals surface area contributed by atoms with Gasteiger partial charge in [0.2, 0.25) is 0 Å². The molecule has 0 aliphatic carbocycles. The molecule has 166 valence electrons. The van der Waals surface area contributed by atoms with Crippen LogP contribution in [-0.4, -0.2) is 48.6 Å². The number of ether oxygens (including phenoxy) is 1. The number of rotatable bonds is 7. The number of nitrogens with one attached hydrogen (secondary N) is 1. The molecule has 0 spiro atoms. The van der Waals surface area contributed by atoms with E-state index in [0.29, 0.717) is 11.4 Å². The van der Waals surface area contributed by atoms with Gasteiger partial charge in [0.1, 0.15) is 17.4 Å². The Morgan fingerprint density at radius 3 is 2.66 bits per heavy atom. The fourth-order valence-electron chi connectivity index (χ4n) is 3.76. The van der Waals surface area contributed by atoms with Crippen molar-refractivity contribution in [3.63, 3.8) is 0 Å². The zero-order valence-electron chi connectivity index (χ0n) is 17.9. The fraction of sp³-hybridized carbons (Fsp3) is 0.280. The van der Waals surface area contributed by atoms with E-state index in [2.05, 4.69) is 20.1 Å². The first-order valence-electron chi connectivity index (χ1n) is 10.8. The average molecular weight is 435 g/mol. The van der Waals surface area contributed by atoms with Crippen molar-refractivity contribution < 1.29 is 13.9 Å². The average Bonchev–Trinajstić information content (AvgIpc) is 3.05. The van der Waals surface area contributed by atoms with E-state index >= 15 is 0 Å². The van der Waals surface area contributed by atoms with Gasteiger partial charge in [-0.1, -0.05) is 30.3 Å². The third-order valence-corrected chi connectivity index (χ3v) is 5.35. The van der Waals surface area contributed by atoms with E-state index in [1.165, 1.54) is 6.07 Å². The number of carbonyl (C=O) groups excluding carboxylic acids is 1. The van der Waals surface area contributed by atoms with Gasteiger partial charge in [0.05, 0.1) is 11.9 Å². The van der Waals surface area contributed by atoms with Gasteiger partial charge in [-0.3, -0.25) is 9.69 Å². The second-order valence-corrected chi connectivity index (χ2v) is 7.80. The molecule has 3 aromatic rings. The predicted octanol–water partition coefficient (Wildman–Crippen LogP) is 3.95. The molecule has 1 aromatic heterocycles. The molecule has 1 aliphatic rings. The van der Waals surface area contributed by atoms with E-state index in [1.807, 2.05) is 48.5 Å². The Hall–Kier alpha value is -3.45. The summed E-state index contributed by atoms with van der Waals surface area (Å²) < 4.78 is 18.9. The summed E-state index contributed by atoms with van der Waals surface area (Å²) in [4.78, 5) is 21.2. The van der Waals surface area contributed by atoms with E-state index < -0.39 is 0 Å². The normalized spacial score (nSPS) is 14.6. The summed E-state index contributed by atoms with van der Waals surface area (Å²) in [5.74, 6) is 1.12. The molecular formula is C25H27FN4O2. The van der Waals surface area contributed by atoms with E-state index in [1.54, 1.807) is 18.3 Å². The van der Waals surface area contributed by atoms with Gasteiger partial charge in [-0.2, -0.15) is 0 Å². The van der Waals surface area contributed by atoms with Crippen LogP contribution in [0.1, 0.15) is 12.0 Å². The standard InChI is InChI=1S/C25H27FN4O2/c26-21-7-4-6-20(16-21)18-29-12-5-13-30(15-14-29)24-11-10-22(17-27-24)28-25(31)19-32-23-8-2-1-3-9-23/h1-4,6-11,16-17H,5,12-15,18-19H2,(H,28,31). The van der Waals surface area contributed by atoms with Gasteiger partial charge in [-0.05, 0) is 48.4 Å². The molecule has 0 saturated carbocycles. The summed E-state index contributed by atoms with van der Waals surface area (Å²) in [6, 6.07) is 19.8. The highest BCUT2D eigenvalue weighted by molar-refractivity contribution is 5.91. The van der Waals surface area contributed by atoms with Crippen LogP contribution in [0.15, 0.2) is 72.9 Å². The highest BCUT2D eigenvalue weighted by atomic mass is 19.1. The first kappa shape index (κ1) is 21.8. The zero-order valence-corrected chi connectivity index (χ0v) is 17.9. The van der Waals surface area contributed by atoms with Gasteiger partial charge in [0, 0.05) is 32.7 Å². The van der Waals surface area contributed by atoms with Crippen LogP contribution < -0.4 is 15.0 Å². The number of anilines is 2. The monoisotopic (exact) mass is 434 g/mol. The number of nitrogens with zero attached hydrogens (tertiary/aromatic N) is 3. The summed E-state index contributed by atoms with van der Waals surface area (Å²) in [7, 11) is 0. The Morgan fingerprint density at radius 1 is 1.00 bits per heavy atom. The zero-order chi connectivity index (χ0) is 22.2. The van der Waals surface area contributed by atoms with Gasteiger partial charge in [-0.25, -0.2) is 9.37 Å².